The minimum atomic E-state index is -0.755. The molecule has 1 rings (SSSR count). The van der Waals surface area contributed by atoms with Crippen LogP contribution in [0.3, 0.4) is 0 Å². The van der Waals surface area contributed by atoms with Crippen molar-refractivity contribution in [2.24, 2.45) is 7.05 Å². The third-order valence-electron chi connectivity index (χ3n) is 2.25. The first kappa shape index (κ1) is 11.4. The van der Waals surface area contributed by atoms with Gasteiger partial charge in [-0.15, -0.1) is 0 Å². The number of carbonyl (C=O) groups is 2. The van der Waals surface area contributed by atoms with Gasteiger partial charge in [-0.3, -0.25) is 4.68 Å². The maximum atomic E-state index is 11.4. The van der Waals surface area contributed by atoms with Crippen molar-refractivity contribution in [1.29, 1.82) is 0 Å². The van der Waals surface area contributed by atoms with E-state index in [1.54, 1.807) is 20.9 Å². The van der Waals surface area contributed by atoms with Crippen molar-refractivity contribution in [2.45, 2.75) is 19.3 Å². The van der Waals surface area contributed by atoms with E-state index in [1.807, 2.05) is 0 Å². The molecule has 0 amide bonds. The molecular formula is C10H14N2O3. The Labute approximate surface area is 88.0 Å². The van der Waals surface area contributed by atoms with E-state index < -0.39 is 11.4 Å². The van der Waals surface area contributed by atoms with E-state index in [2.05, 4.69) is 9.84 Å². The summed E-state index contributed by atoms with van der Waals surface area (Å²) in [6.07, 6.45) is 2.20. The molecule has 0 aromatic carbocycles. The lowest BCUT2D eigenvalue weighted by Gasteiger charge is -2.18. The van der Waals surface area contributed by atoms with Crippen molar-refractivity contribution < 1.29 is 14.3 Å². The van der Waals surface area contributed by atoms with Crippen LogP contribution < -0.4 is 0 Å². The Morgan fingerprint density at radius 1 is 1.60 bits per heavy atom. The molecule has 0 radical (unpaired) electrons. The zero-order valence-electron chi connectivity index (χ0n) is 9.27. The SMILES string of the molecule is COC(=O)c1cnn(C)c1C(C)(C)C=O. The van der Waals surface area contributed by atoms with Gasteiger partial charge in [0, 0.05) is 7.05 Å². The third-order valence-corrected chi connectivity index (χ3v) is 2.25. The molecule has 0 atom stereocenters. The van der Waals surface area contributed by atoms with Crippen molar-refractivity contribution in [3.05, 3.63) is 17.5 Å². The van der Waals surface area contributed by atoms with E-state index in [0.29, 0.717) is 11.3 Å². The van der Waals surface area contributed by atoms with Gasteiger partial charge in [-0.25, -0.2) is 4.79 Å². The predicted octanol–water partition coefficient (Wildman–Crippen LogP) is 0.683. The first-order valence-corrected chi connectivity index (χ1v) is 4.51. The number of hydrogen-bond donors (Lipinski definition) is 0. The van der Waals surface area contributed by atoms with Crippen LogP contribution in [0.5, 0.6) is 0 Å². The zero-order valence-corrected chi connectivity index (χ0v) is 9.27. The van der Waals surface area contributed by atoms with Crippen LogP contribution in [0, 0.1) is 0 Å². The average Bonchev–Trinajstić information content (AvgIpc) is 2.59. The van der Waals surface area contributed by atoms with Crippen LogP contribution in [0.2, 0.25) is 0 Å². The van der Waals surface area contributed by atoms with Gasteiger partial charge in [0.1, 0.15) is 11.8 Å². The van der Waals surface area contributed by atoms with Gasteiger partial charge < -0.3 is 9.53 Å². The van der Waals surface area contributed by atoms with Crippen LogP contribution in [0.4, 0.5) is 0 Å². The lowest BCUT2D eigenvalue weighted by molar-refractivity contribution is -0.111. The highest BCUT2D eigenvalue weighted by Gasteiger charge is 2.30. The van der Waals surface area contributed by atoms with Gasteiger partial charge in [-0.1, -0.05) is 0 Å². The number of ether oxygens (including phenoxy) is 1. The molecule has 0 saturated heterocycles. The Balaban J connectivity index is 3.33. The number of nitrogens with zero attached hydrogens (tertiary/aromatic N) is 2. The molecule has 0 bridgehead atoms. The smallest absolute Gasteiger partial charge is 0.341 e. The Kier molecular flexibility index (Phi) is 2.93. The Morgan fingerprint density at radius 3 is 2.67 bits per heavy atom. The maximum Gasteiger partial charge on any atom is 0.341 e. The molecule has 0 saturated carbocycles. The summed E-state index contributed by atoms with van der Waals surface area (Å²) in [6, 6.07) is 0. The molecule has 0 fully saturated rings. The lowest BCUT2D eigenvalue weighted by atomic mass is 9.88. The molecule has 0 aliphatic carbocycles. The van der Waals surface area contributed by atoms with E-state index in [4.69, 9.17) is 0 Å². The molecule has 1 aromatic rings. The number of aldehydes is 1. The largest absolute Gasteiger partial charge is 0.465 e. The van der Waals surface area contributed by atoms with Crippen LogP contribution in [0.25, 0.3) is 0 Å². The summed E-state index contributed by atoms with van der Waals surface area (Å²) >= 11 is 0. The lowest BCUT2D eigenvalue weighted by Crippen LogP contribution is -2.25. The molecule has 5 heteroatoms. The first-order valence-electron chi connectivity index (χ1n) is 4.51. The van der Waals surface area contributed by atoms with Gasteiger partial charge in [0.25, 0.3) is 0 Å². The number of esters is 1. The number of carbonyl (C=O) groups excluding carboxylic acids is 2. The molecule has 0 aliphatic heterocycles. The Hall–Kier alpha value is -1.65. The zero-order chi connectivity index (χ0) is 11.6. The fourth-order valence-electron chi connectivity index (χ4n) is 1.52. The van der Waals surface area contributed by atoms with E-state index >= 15 is 0 Å². The topological polar surface area (TPSA) is 61.2 Å². The van der Waals surface area contributed by atoms with E-state index in [9.17, 15) is 9.59 Å². The highest BCUT2D eigenvalue weighted by molar-refractivity contribution is 5.92. The molecule has 0 N–H and O–H groups in total. The molecule has 0 unspecified atom stereocenters. The summed E-state index contributed by atoms with van der Waals surface area (Å²) in [7, 11) is 2.99. The summed E-state index contributed by atoms with van der Waals surface area (Å²) in [4.78, 5) is 22.4. The summed E-state index contributed by atoms with van der Waals surface area (Å²) in [5.74, 6) is -0.479. The monoisotopic (exact) mass is 210 g/mol. The molecular weight excluding hydrogens is 196 g/mol. The number of rotatable bonds is 3. The van der Waals surface area contributed by atoms with Crippen molar-refractivity contribution in [2.75, 3.05) is 7.11 Å². The molecule has 1 heterocycles. The van der Waals surface area contributed by atoms with Crippen molar-refractivity contribution in [3.8, 4) is 0 Å². The Bertz CT molecular complexity index is 393. The second-order valence-electron chi connectivity index (χ2n) is 3.86. The number of aryl methyl sites for hydroxylation is 1. The third kappa shape index (κ3) is 1.91. The second-order valence-corrected chi connectivity index (χ2v) is 3.86. The molecule has 0 spiro atoms. The van der Waals surface area contributed by atoms with E-state index in [1.165, 1.54) is 18.0 Å². The van der Waals surface area contributed by atoms with Gasteiger partial charge in [-0.05, 0) is 13.8 Å². The van der Waals surface area contributed by atoms with Crippen LogP contribution >= 0.6 is 0 Å². The number of hydrogen-bond acceptors (Lipinski definition) is 4. The summed E-state index contributed by atoms with van der Waals surface area (Å²) in [6.45, 7) is 3.45. The van der Waals surface area contributed by atoms with Gasteiger partial charge >= 0.3 is 5.97 Å². The fourth-order valence-corrected chi connectivity index (χ4v) is 1.52. The van der Waals surface area contributed by atoms with Crippen LogP contribution in [0.1, 0.15) is 29.9 Å². The minimum Gasteiger partial charge on any atom is -0.465 e. The van der Waals surface area contributed by atoms with Gasteiger partial charge in [0.2, 0.25) is 0 Å². The van der Waals surface area contributed by atoms with E-state index in [-0.39, 0.29) is 0 Å². The summed E-state index contributed by atoms with van der Waals surface area (Å²) < 4.78 is 6.14. The standard InChI is InChI=1S/C10H14N2O3/c1-10(2,6-13)8-7(9(14)15-4)5-11-12(8)3/h5-6H,1-4H3. The van der Waals surface area contributed by atoms with Crippen LogP contribution in [-0.2, 0) is 22.0 Å². The summed E-state index contributed by atoms with van der Waals surface area (Å²) in [5.41, 5.74) is 0.135. The van der Waals surface area contributed by atoms with Crippen LogP contribution in [-0.4, -0.2) is 29.1 Å². The first-order chi connectivity index (χ1) is 6.94. The van der Waals surface area contributed by atoms with Crippen LogP contribution in [0.15, 0.2) is 6.20 Å². The highest BCUT2D eigenvalue weighted by Crippen LogP contribution is 2.24. The summed E-state index contributed by atoms with van der Waals surface area (Å²) in [5, 5.41) is 3.96. The molecule has 0 aliphatic rings. The average molecular weight is 210 g/mol. The van der Waals surface area contributed by atoms with Crippen molar-refractivity contribution in [3.63, 3.8) is 0 Å². The molecule has 82 valence electrons. The van der Waals surface area contributed by atoms with Gasteiger partial charge in [0.05, 0.1) is 24.4 Å². The quantitative estimate of drug-likeness (QED) is 0.543. The number of aromatic nitrogens is 2. The van der Waals surface area contributed by atoms with Crippen molar-refractivity contribution in [1.82, 2.24) is 9.78 Å². The predicted molar refractivity (Wildman–Crippen MR) is 53.6 cm³/mol. The second kappa shape index (κ2) is 3.84. The fraction of sp³-hybridized carbons (Fsp3) is 0.500. The normalized spacial score (nSPS) is 11.2. The van der Waals surface area contributed by atoms with E-state index in [0.717, 1.165) is 6.29 Å². The minimum absolute atomic E-state index is 0.331. The molecule has 5 nitrogen and oxygen atoms in total. The Morgan fingerprint density at radius 2 is 2.20 bits per heavy atom. The molecule has 1 aromatic heterocycles. The maximum absolute atomic E-state index is 11.4. The molecule has 15 heavy (non-hydrogen) atoms. The highest BCUT2D eigenvalue weighted by atomic mass is 16.5. The van der Waals surface area contributed by atoms with Gasteiger partial charge in [0.15, 0.2) is 0 Å². The van der Waals surface area contributed by atoms with Crippen molar-refractivity contribution >= 4 is 12.3 Å². The number of methoxy groups -OCH3 is 1. The van der Waals surface area contributed by atoms with Gasteiger partial charge in [-0.2, -0.15) is 5.10 Å².